The molecular formula is C13H15ClN6O. The SMILES string of the molecule is CC(C)C(=O)Nc1ccc(Cl)c(N/N=C(\C#N)C(=N)N)c1. The molecule has 7 nitrogen and oxygen atoms in total. The number of benzene rings is 1. The minimum absolute atomic E-state index is 0.131. The van der Waals surface area contributed by atoms with E-state index in [4.69, 9.17) is 28.0 Å². The average molecular weight is 307 g/mol. The number of amides is 1. The van der Waals surface area contributed by atoms with Gasteiger partial charge in [-0.25, -0.2) is 0 Å². The predicted octanol–water partition coefficient (Wildman–Crippen LogP) is 2.16. The summed E-state index contributed by atoms with van der Waals surface area (Å²) in [5.41, 5.74) is 8.39. The molecule has 0 saturated heterocycles. The van der Waals surface area contributed by atoms with Gasteiger partial charge in [0.15, 0.2) is 5.84 Å². The second-order valence-electron chi connectivity index (χ2n) is 4.44. The second-order valence-corrected chi connectivity index (χ2v) is 4.84. The van der Waals surface area contributed by atoms with Gasteiger partial charge in [0.05, 0.1) is 10.7 Å². The molecule has 0 aliphatic carbocycles. The van der Waals surface area contributed by atoms with Crippen molar-refractivity contribution in [2.24, 2.45) is 16.8 Å². The Hall–Kier alpha value is -2.59. The molecular weight excluding hydrogens is 292 g/mol. The first-order valence-electron chi connectivity index (χ1n) is 6.03. The molecule has 0 saturated carbocycles. The number of rotatable bonds is 5. The largest absolute Gasteiger partial charge is 0.382 e. The van der Waals surface area contributed by atoms with Crippen LogP contribution in [0.15, 0.2) is 23.3 Å². The van der Waals surface area contributed by atoms with Gasteiger partial charge in [-0.1, -0.05) is 25.4 Å². The molecule has 0 aliphatic heterocycles. The summed E-state index contributed by atoms with van der Waals surface area (Å²) >= 11 is 5.99. The quantitative estimate of drug-likeness (QED) is 0.377. The Bertz CT molecular complexity index is 632. The fourth-order valence-electron chi connectivity index (χ4n) is 1.24. The maximum atomic E-state index is 11.6. The van der Waals surface area contributed by atoms with Gasteiger partial charge in [0, 0.05) is 11.6 Å². The summed E-state index contributed by atoms with van der Waals surface area (Å²) in [5.74, 6) is -0.739. The highest BCUT2D eigenvalue weighted by Gasteiger charge is 2.09. The maximum absolute atomic E-state index is 11.6. The van der Waals surface area contributed by atoms with Gasteiger partial charge in [0.2, 0.25) is 11.6 Å². The molecule has 8 heteroatoms. The van der Waals surface area contributed by atoms with Gasteiger partial charge in [-0.2, -0.15) is 10.4 Å². The zero-order valence-corrected chi connectivity index (χ0v) is 12.3. The maximum Gasteiger partial charge on any atom is 0.226 e. The molecule has 0 aliphatic rings. The fraction of sp³-hybridized carbons (Fsp3) is 0.231. The van der Waals surface area contributed by atoms with E-state index >= 15 is 0 Å². The summed E-state index contributed by atoms with van der Waals surface area (Å²) in [6.07, 6.45) is 0. The Morgan fingerprint density at radius 1 is 1.52 bits per heavy atom. The van der Waals surface area contributed by atoms with Crippen molar-refractivity contribution in [2.75, 3.05) is 10.7 Å². The van der Waals surface area contributed by atoms with Crippen molar-refractivity contribution in [2.45, 2.75) is 13.8 Å². The van der Waals surface area contributed by atoms with Crippen LogP contribution in [0.3, 0.4) is 0 Å². The van der Waals surface area contributed by atoms with Gasteiger partial charge < -0.3 is 11.1 Å². The van der Waals surface area contributed by atoms with E-state index in [0.29, 0.717) is 16.4 Å². The lowest BCUT2D eigenvalue weighted by Crippen LogP contribution is -2.22. The smallest absolute Gasteiger partial charge is 0.226 e. The lowest BCUT2D eigenvalue weighted by atomic mass is 10.2. The number of nitrogens with zero attached hydrogens (tertiary/aromatic N) is 2. The Morgan fingerprint density at radius 3 is 2.71 bits per heavy atom. The predicted molar refractivity (Wildman–Crippen MR) is 83.5 cm³/mol. The van der Waals surface area contributed by atoms with Crippen LogP contribution in [0, 0.1) is 22.7 Å². The third-order valence-electron chi connectivity index (χ3n) is 2.41. The highest BCUT2D eigenvalue weighted by atomic mass is 35.5. The summed E-state index contributed by atoms with van der Waals surface area (Å²) in [5, 5.41) is 22.6. The number of halogens is 1. The van der Waals surface area contributed by atoms with Crippen LogP contribution in [-0.4, -0.2) is 17.5 Å². The molecule has 5 N–H and O–H groups in total. The van der Waals surface area contributed by atoms with E-state index in [-0.39, 0.29) is 17.5 Å². The van der Waals surface area contributed by atoms with Gasteiger partial charge in [0.25, 0.3) is 0 Å². The van der Waals surface area contributed by atoms with Crippen molar-refractivity contribution < 1.29 is 4.79 Å². The summed E-state index contributed by atoms with van der Waals surface area (Å²) in [4.78, 5) is 11.6. The second kappa shape index (κ2) is 7.26. The number of hydrogen-bond acceptors (Lipinski definition) is 5. The van der Waals surface area contributed by atoms with Crippen LogP contribution in [0.4, 0.5) is 11.4 Å². The molecule has 1 rings (SSSR count). The number of hydrogen-bond donors (Lipinski definition) is 4. The number of nitriles is 1. The van der Waals surface area contributed by atoms with Crippen molar-refractivity contribution in [3.8, 4) is 6.07 Å². The minimum Gasteiger partial charge on any atom is -0.382 e. The Morgan fingerprint density at radius 2 is 2.19 bits per heavy atom. The molecule has 0 atom stereocenters. The van der Waals surface area contributed by atoms with E-state index in [2.05, 4.69) is 15.8 Å². The normalized spacial score (nSPS) is 10.9. The topological polar surface area (TPSA) is 127 Å². The lowest BCUT2D eigenvalue weighted by Gasteiger charge is -2.10. The van der Waals surface area contributed by atoms with E-state index in [9.17, 15) is 4.79 Å². The van der Waals surface area contributed by atoms with Crippen LogP contribution < -0.4 is 16.5 Å². The summed E-state index contributed by atoms with van der Waals surface area (Å²) in [6.45, 7) is 3.56. The Labute approximate surface area is 127 Å². The molecule has 0 radical (unpaired) electrons. The van der Waals surface area contributed by atoms with E-state index in [1.54, 1.807) is 38.1 Å². The molecule has 21 heavy (non-hydrogen) atoms. The zero-order chi connectivity index (χ0) is 16.0. The minimum atomic E-state index is -0.453. The molecule has 0 bridgehead atoms. The third kappa shape index (κ3) is 4.78. The first-order valence-corrected chi connectivity index (χ1v) is 6.41. The molecule has 0 spiro atoms. The first kappa shape index (κ1) is 16.5. The summed E-state index contributed by atoms with van der Waals surface area (Å²) < 4.78 is 0. The molecule has 1 aromatic rings. The lowest BCUT2D eigenvalue weighted by molar-refractivity contribution is -0.118. The number of nitrogens with one attached hydrogen (secondary N) is 3. The number of hydrazone groups is 1. The summed E-state index contributed by atoms with van der Waals surface area (Å²) in [7, 11) is 0. The van der Waals surface area contributed by atoms with E-state index < -0.39 is 5.84 Å². The first-order chi connectivity index (χ1) is 9.85. The average Bonchev–Trinajstić information content (AvgIpc) is 2.42. The van der Waals surface area contributed by atoms with Crippen molar-refractivity contribution >= 4 is 40.4 Å². The standard InChI is InChI=1S/C13H15ClN6O/c1-7(2)13(21)18-8-3-4-9(14)10(5-8)19-20-11(6-15)12(16)17/h3-5,7,19H,1-2H3,(H3,16,17)(H,18,21)/b20-11+. The number of carbonyl (C=O) groups is 1. The molecule has 1 aromatic carbocycles. The van der Waals surface area contributed by atoms with Crippen LogP contribution in [0.2, 0.25) is 5.02 Å². The van der Waals surface area contributed by atoms with Crippen molar-refractivity contribution in [1.29, 1.82) is 10.7 Å². The fourth-order valence-corrected chi connectivity index (χ4v) is 1.40. The Balaban J connectivity index is 2.96. The van der Waals surface area contributed by atoms with Crippen LogP contribution in [0.5, 0.6) is 0 Å². The molecule has 0 unspecified atom stereocenters. The highest BCUT2D eigenvalue weighted by molar-refractivity contribution is 6.46. The Kier molecular flexibility index (Phi) is 5.69. The molecule has 1 amide bonds. The number of nitrogens with two attached hydrogens (primary N) is 1. The number of anilines is 2. The van der Waals surface area contributed by atoms with Gasteiger partial charge in [-0.15, -0.1) is 0 Å². The van der Waals surface area contributed by atoms with Gasteiger partial charge in [-0.3, -0.25) is 15.6 Å². The van der Waals surface area contributed by atoms with Crippen molar-refractivity contribution in [3.05, 3.63) is 23.2 Å². The molecule has 0 fully saturated rings. The summed E-state index contributed by atoms with van der Waals surface area (Å²) in [6, 6.07) is 6.47. The van der Waals surface area contributed by atoms with Gasteiger partial charge in [0.1, 0.15) is 6.07 Å². The third-order valence-corrected chi connectivity index (χ3v) is 2.74. The zero-order valence-electron chi connectivity index (χ0n) is 11.6. The van der Waals surface area contributed by atoms with E-state index in [0.717, 1.165) is 0 Å². The highest BCUT2D eigenvalue weighted by Crippen LogP contribution is 2.25. The van der Waals surface area contributed by atoms with Gasteiger partial charge in [-0.05, 0) is 18.2 Å². The van der Waals surface area contributed by atoms with E-state index in [1.807, 2.05) is 0 Å². The van der Waals surface area contributed by atoms with Crippen LogP contribution >= 0.6 is 11.6 Å². The van der Waals surface area contributed by atoms with Crippen molar-refractivity contribution in [1.82, 2.24) is 0 Å². The molecule has 0 heterocycles. The van der Waals surface area contributed by atoms with Crippen molar-refractivity contribution in [3.63, 3.8) is 0 Å². The monoisotopic (exact) mass is 306 g/mol. The van der Waals surface area contributed by atoms with Gasteiger partial charge >= 0.3 is 0 Å². The molecule has 0 aromatic heterocycles. The number of carbonyl (C=O) groups excluding carboxylic acids is 1. The molecule has 110 valence electrons. The number of amidine groups is 1. The van der Waals surface area contributed by atoms with Crippen LogP contribution in [0.1, 0.15) is 13.8 Å². The van der Waals surface area contributed by atoms with Crippen LogP contribution in [-0.2, 0) is 4.79 Å². The van der Waals surface area contributed by atoms with Crippen LogP contribution in [0.25, 0.3) is 0 Å². The van der Waals surface area contributed by atoms with E-state index in [1.165, 1.54) is 0 Å².